The van der Waals surface area contributed by atoms with Gasteiger partial charge in [0.1, 0.15) is 0 Å². The average molecular weight is 251 g/mol. The highest BCUT2D eigenvalue weighted by Crippen LogP contribution is 2.35. The SMILES string of the molecule is Cc1ccc2c(n1)N1Cc3ccccc3CC1CN2. The fraction of sp³-hybridized carbons (Fsp3) is 0.312. The van der Waals surface area contributed by atoms with Crippen molar-refractivity contribution in [3.63, 3.8) is 0 Å². The van der Waals surface area contributed by atoms with E-state index in [1.165, 1.54) is 16.8 Å². The molecule has 0 spiro atoms. The molecule has 3 heteroatoms. The lowest BCUT2D eigenvalue weighted by Gasteiger charge is -2.42. The first-order valence-electron chi connectivity index (χ1n) is 6.86. The van der Waals surface area contributed by atoms with Crippen LogP contribution in [0.4, 0.5) is 11.5 Å². The number of hydrogen-bond acceptors (Lipinski definition) is 3. The number of benzene rings is 1. The predicted octanol–water partition coefficient (Wildman–Crippen LogP) is 2.75. The summed E-state index contributed by atoms with van der Waals surface area (Å²) >= 11 is 0. The molecule has 0 aliphatic carbocycles. The predicted molar refractivity (Wildman–Crippen MR) is 77.6 cm³/mol. The number of aromatic nitrogens is 1. The van der Waals surface area contributed by atoms with E-state index in [-0.39, 0.29) is 0 Å². The monoisotopic (exact) mass is 251 g/mol. The maximum Gasteiger partial charge on any atom is 0.152 e. The zero-order valence-corrected chi connectivity index (χ0v) is 11.1. The van der Waals surface area contributed by atoms with Crippen LogP contribution in [0.5, 0.6) is 0 Å². The van der Waals surface area contributed by atoms with Crippen LogP contribution in [0.1, 0.15) is 16.8 Å². The Morgan fingerprint density at radius 2 is 2.00 bits per heavy atom. The van der Waals surface area contributed by atoms with Gasteiger partial charge in [-0.1, -0.05) is 24.3 Å². The van der Waals surface area contributed by atoms with Gasteiger partial charge in [-0.15, -0.1) is 0 Å². The summed E-state index contributed by atoms with van der Waals surface area (Å²) in [6, 6.07) is 13.5. The van der Waals surface area contributed by atoms with E-state index in [4.69, 9.17) is 4.98 Å². The van der Waals surface area contributed by atoms with Crippen LogP contribution in [0, 0.1) is 6.92 Å². The van der Waals surface area contributed by atoms with Gasteiger partial charge in [0.15, 0.2) is 5.82 Å². The minimum Gasteiger partial charge on any atom is -0.380 e. The van der Waals surface area contributed by atoms with E-state index in [0.29, 0.717) is 6.04 Å². The molecule has 0 fully saturated rings. The number of pyridine rings is 1. The smallest absolute Gasteiger partial charge is 0.152 e. The second-order valence-electron chi connectivity index (χ2n) is 5.46. The quantitative estimate of drug-likeness (QED) is 0.780. The number of aryl methyl sites for hydroxylation is 1. The summed E-state index contributed by atoms with van der Waals surface area (Å²) < 4.78 is 0. The van der Waals surface area contributed by atoms with E-state index in [9.17, 15) is 0 Å². The molecule has 0 saturated heterocycles. The van der Waals surface area contributed by atoms with Gasteiger partial charge >= 0.3 is 0 Å². The molecule has 0 saturated carbocycles. The molecule has 0 radical (unpaired) electrons. The summed E-state index contributed by atoms with van der Waals surface area (Å²) in [6.45, 7) is 4.04. The van der Waals surface area contributed by atoms with Gasteiger partial charge in [0.2, 0.25) is 0 Å². The lowest BCUT2D eigenvalue weighted by molar-refractivity contribution is 0.555. The highest BCUT2D eigenvalue weighted by Gasteiger charge is 2.31. The third-order valence-electron chi connectivity index (χ3n) is 4.17. The Hall–Kier alpha value is -2.03. The van der Waals surface area contributed by atoms with E-state index in [1.807, 2.05) is 0 Å². The number of fused-ring (bicyclic) bond motifs is 4. The van der Waals surface area contributed by atoms with E-state index in [0.717, 1.165) is 31.0 Å². The Morgan fingerprint density at radius 3 is 2.89 bits per heavy atom. The van der Waals surface area contributed by atoms with Gasteiger partial charge in [-0.3, -0.25) is 0 Å². The Kier molecular flexibility index (Phi) is 2.28. The first kappa shape index (κ1) is 10.9. The summed E-state index contributed by atoms with van der Waals surface area (Å²) in [6.07, 6.45) is 1.11. The standard InChI is InChI=1S/C16H17N3/c1-11-6-7-15-16(18-11)19-10-13-5-3-2-4-12(13)8-14(19)9-17-15/h2-7,14,17H,8-10H2,1H3. The average Bonchev–Trinajstić information content (AvgIpc) is 2.45. The molecule has 0 bridgehead atoms. The number of rotatable bonds is 0. The van der Waals surface area contributed by atoms with Crippen LogP contribution < -0.4 is 10.2 Å². The minimum atomic E-state index is 0.525. The second-order valence-corrected chi connectivity index (χ2v) is 5.46. The molecule has 19 heavy (non-hydrogen) atoms. The zero-order chi connectivity index (χ0) is 12.8. The van der Waals surface area contributed by atoms with Crippen molar-refractivity contribution >= 4 is 11.5 Å². The summed E-state index contributed by atoms with van der Waals surface area (Å²) in [5, 5.41) is 3.52. The Labute approximate surface area is 113 Å². The van der Waals surface area contributed by atoms with Crippen molar-refractivity contribution in [1.29, 1.82) is 0 Å². The van der Waals surface area contributed by atoms with Crippen LogP contribution in [0.25, 0.3) is 0 Å². The first-order valence-corrected chi connectivity index (χ1v) is 6.86. The van der Waals surface area contributed by atoms with Crippen molar-refractivity contribution < 1.29 is 0 Å². The van der Waals surface area contributed by atoms with Crippen LogP contribution in [0.15, 0.2) is 36.4 Å². The van der Waals surface area contributed by atoms with Crippen molar-refractivity contribution in [2.45, 2.75) is 25.9 Å². The number of anilines is 2. The van der Waals surface area contributed by atoms with Crippen LogP contribution in [0.2, 0.25) is 0 Å². The van der Waals surface area contributed by atoms with Crippen LogP contribution in [-0.2, 0) is 13.0 Å². The molecule has 2 aliphatic heterocycles. The van der Waals surface area contributed by atoms with Crippen LogP contribution >= 0.6 is 0 Å². The van der Waals surface area contributed by atoms with Gasteiger partial charge in [0.05, 0.1) is 11.7 Å². The van der Waals surface area contributed by atoms with Crippen molar-refractivity contribution in [2.75, 3.05) is 16.8 Å². The van der Waals surface area contributed by atoms with E-state index in [2.05, 4.69) is 53.5 Å². The van der Waals surface area contributed by atoms with Crippen molar-refractivity contribution in [2.24, 2.45) is 0 Å². The topological polar surface area (TPSA) is 28.2 Å². The largest absolute Gasteiger partial charge is 0.380 e. The maximum atomic E-state index is 4.73. The Morgan fingerprint density at radius 1 is 1.16 bits per heavy atom. The number of nitrogens with one attached hydrogen (secondary N) is 1. The number of nitrogens with zero attached hydrogens (tertiary/aromatic N) is 2. The maximum absolute atomic E-state index is 4.73. The molecule has 1 aromatic carbocycles. The molecule has 0 amide bonds. The third-order valence-corrected chi connectivity index (χ3v) is 4.17. The summed E-state index contributed by atoms with van der Waals surface area (Å²) in [7, 11) is 0. The Balaban J connectivity index is 1.79. The summed E-state index contributed by atoms with van der Waals surface area (Å²) in [5.74, 6) is 1.12. The van der Waals surface area contributed by atoms with E-state index < -0.39 is 0 Å². The molecular weight excluding hydrogens is 234 g/mol. The first-order chi connectivity index (χ1) is 9.31. The normalized spacial score (nSPS) is 20.1. The van der Waals surface area contributed by atoms with Crippen molar-refractivity contribution in [3.05, 3.63) is 53.2 Å². The van der Waals surface area contributed by atoms with E-state index >= 15 is 0 Å². The second kappa shape index (κ2) is 3.98. The Bertz CT molecular complexity index is 636. The molecule has 2 aliphatic rings. The van der Waals surface area contributed by atoms with Crippen molar-refractivity contribution in [1.82, 2.24) is 4.98 Å². The van der Waals surface area contributed by atoms with Gasteiger partial charge in [0.25, 0.3) is 0 Å². The van der Waals surface area contributed by atoms with Gasteiger partial charge in [0, 0.05) is 18.8 Å². The lowest BCUT2D eigenvalue weighted by Crippen LogP contribution is -2.48. The highest BCUT2D eigenvalue weighted by molar-refractivity contribution is 5.69. The highest BCUT2D eigenvalue weighted by atomic mass is 15.3. The number of hydrogen-bond donors (Lipinski definition) is 1. The fourth-order valence-corrected chi connectivity index (χ4v) is 3.15. The van der Waals surface area contributed by atoms with E-state index in [1.54, 1.807) is 0 Å². The van der Waals surface area contributed by atoms with Crippen LogP contribution in [0.3, 0.4) is 0 Å². The molecule has 3 heterocycles. The molecule has 96 valence electrons. The van der Waals surface area contributed by atoms with Gasteiger partial charge < -0.3 is 10.2 Å². The van der Waals surface area contributed by atoms with Gasteiger partial charge in [-0.2, -0.15) is 0 Å². The third kappa shape index (κ3) is 1.69. The van der Waals surface area contributed by atoms with Crippen molar-refractivity contribution in [3.8, 4) is 0 Å². The van der Waals surface area contributed by atoms with Gasteiger partial charge in [-0.25, -0.2) is 4.98 Å². The van der Waals surface area contributed by atoms with Gasteiger partial charge in [-0.05, 0) is 36.6 Å². The molecule has 3 nitrogen and oxygen atoms in total. The molecule has 1 aromatic heterocycles. The fourth-order valence-electron chi connectivity index (χ4n) is 3.15. The molecule has 1 unspecified atom stereocenters. The summed E-state index contributed by atoms with van der Waals surface area (Å²) in [4.78, 5) is 7.19. The molecule has 4 rings (SSSR count). The van der Waals surface area contributed by atoms with Crippen LogP contribution in [-0.4, -0.2) is 17.6 Å². The summed E-state index contributed by atoms with van der Waals surface area (Å²) in [5.41, 5.74) is 5.18. The molecular formula is C16H17N3. The molecule has 1 N–H and O–H groups in total. The molecule has 1 atom stereocenters. The lowest BCUT2D eigenvalue weighted by atomic mass is 9.92. The minimum absolute atomic E-state index is 0.525. The zero-order valence-electron chi connectivity index (χ0n) is 11.1. The molecule has 2 aromatic rings.